The topological polar surface area (TPSA) is 133 Å². The number of anilines is 1. The third kappa shape index (κ3) is 8.37. The predicted octanol–water partition coefficient (Wildman–Crippen LogP) is 1.32. The smallest absolute Gasteiger partial charge is 0.233 e. The zero-order valence-electron chi connectivity index (χ0n) is 17.6. The molecule has 0 aliphatic carbocycles. The quantitative estimate of drug-likeness (QED) is 0.153. The van der Waals surface area contributed by atoms with Gasteiger partial charge in [0.2, 0.25) is 5.88 Å². The summed E-state index contributed by atoms with van der Waals surface area (Å²) in [6.07, 6.45) is -0.723. The van der Waals surface area contributed by atoms with Crippen LogP contribution in [0.1, 0.15) is 20.8 Å². The van der Waals surface area contributed by atoms with E-state index < -0.39 is 11.6 Å². The lowest BCUT2D eigenvalue weighted by Crippen LogP contribution is -2.48. The van der Waals surface area contributed by atoms with Crippen LogP contribution in [0.4, 0.5) is 5.82 Å². The Kier molecular flexibility index (Phi) is 9.55. The fourth-order valence-electron chi connectivity index (χ4n) is 2.30. The Balaban J connectivity index is 1.74. The van der Waals surface area contributed by atoms with Crippen molar-refractivity contribution in [3.63, 3.8) is 0 Å². The van der Waals surface area contributed by atoms with Crippen LogP contribution in [0.15, 0.2) is 36.4 Å². The van der Waals surface area contributed by atoms with Crippen LogP contribution in [0.2, 0.25) is 0 Å². The normalized spacial score (nSPS) is 12.3. The molecule has 1 aromatic carbocycles. The molecule has 10 nitrogen and oxygen atoms in total. The Morgan fingerprint density at radius 2 is 1.80 bits per heavy atom. The first-order valence-electron chi connectivity index (χ1n) is 9.72. The van der Waals surface area contributed by atoms with Gasteiger partial charge in [-0.1, -0.05) is 12.1 Å². The maximum absolute atomic E-state index is 10.3. The number of aromatic nitrogens is 2. The average molecular weight is 421 g/mol. The van der Waals surface area contributed by atoms with Crippen molar-refractivity contribution < 1.29 is 24.1 Å². The van der Waals surface area contributed by atoms with E-state index in [0.29, 0.717) is 43.0 Å². The molecule has 1 unspecified atom stereocenters. The van der Waals surface area contributed by atoms with Gasteiger partial charge in [0.15, 0.2) is 24.1 Å². The molecule has 0 aliphatic rings. The molecule has 0 spiro atoms. The number of hydrogen-bond acceptors (Lipinski definition) is 10. The van der Waals surface area contributed by atoms with Crippen molar-refractivity contribution in [3.8, 4) is 17.4 Å². The standard InChI is InChI=1S/C20H31N5O5/c1-4-27-14-30-17-8-6-5-7-16(17)28-12-15(26)11-22-20(2,3)13-29-19-10-9-18(23-21)24-25-19/h5-10,15,22,26H,4,11-14,21H2,1-3H3,(H,23,24). The third-order valence-corrected chi connectivity index (χ3v) is 3.97. The molecule has 166 valence electrons. The molecule has 0 amide bonds. The minimum Gasteiger partial charge on any atom is -0.487 e. The second kappa shape index (κ2) is 12.1. The molecular formula is C20H31N5O5. The van der Waals surface area contributed by atoms with Gasteiger partial charge >= 0.3 is 0 Å². The molecule has 0 bridgehead atoms. The number of hydrogen-bond donors (Lipinski definition) is 4. The van der Waals surface area contributed by atoms with Crippen molar-refractivity contribution in [2.24, 2.45) is 5.84 Å². The van der Waals surface area contributed by atoms with E-state index in [1.807, 2.05) is 32.9 Å². The zero-order chi connectivity index (χ0) is 21.8. The molecule has 0 saturated heterocycles. The highest BCUT2D eigenvalue weighted by molar-refractivity contribution is 5.39. The Labute approximate surface area is 176 Å². The molecule has 0 saturated carbocycles. The number of nitrogens with two attached hydrogens (primary N) is 1. The summed E-state index contributed by atoms with van der Waals surface area (Å²) in [5.41, 5.74) is 1.99. The van der Waals surface area contributed by atoms with E-state index in [2.05, 4.69) is 20.9 Å². The first-order chi connectivity index (χ1) is 14.4. The van der Waals surface area contributed by atoms with Crippen LogP contribution < -0.4 is 30.8 Å². The minimum atomic E-state index is -0.723. The van der Waals surface area contributed by atoms with Gasteiger partial charge < -0.3 is 34.8 Å². The Morgan fingerprint density at radius 1 is 1.07 bits per heavy atom. The Morgan fingerprint density at radius 3 is 2.43 bits per heavy atom. The summed E-state index contributed by atoms with van der Waals surface area (Å²) in [6, 6.07) is 10.6. The average Bonchev–Trinajstić information content (AvgIpc) is 2.76. The molecule has 1 atom stereocenters. The second-order valence-corrected chi connectivity index (χ2v) is 7.12. The number of nitrogen functional groups attached to an aromatic ring is 1. The van der Waals surface area contributed by atoms with Crippen molar-refractivity contribution in [2.45, 2.75) is 32.4 Å². The van der Waals surface area contributed by atoms with E-state index in [0.717, 1.165) is 0 Å². The van der Waals surface area contributed by atoms with Crippen LogP contribution in [-0.2, 0) is 4.74 Å². The van der Waals surface area contributed by atoms with Gasteiger partial charge in [0.25, 0.3) is 0 Å². The zero-order valence-corrected chi connectivity index (χ0v) is 17.6. The van der Waals surface area contributed by atoms with E-state index in [-0.39, 0.29) is 13.4 Å². The largest absolute Gasteiger partial charge is 0.487 e. The van der Waals surface area contributed by atoms with Crippen molar-refractivity contribution in [1.29, 1.82) is 0 Å². The summed E-state index contributed by atoms with van der Waals surface area (Å²) in [4.78, 5) is 0. The van der Waals surface area contributed by atoms with Crippen LogP contribution in [0.3, 0.4) is 0 Å². The lowest BCUT2D eigenvalue weighted by atomic mass is 10.1. The number of aliphatic hydroxyl groups is 1. The van der Waals surface area contributed by atoms with Gasteiger partial charge in [-0.2, -0.15) is 0 Å². The minimum absolute atomic E-state index is 0.109. The molecule has 0 radical (unpaired) electrons. The number of nitrogens with zero attached hydrogens (tertiary/aromatic N) is 2. The third-order valence-electron chi connectivity index (χ3n) is 3.97. The fraction of sp³-hybridized carbons (Fsp3) is 0.500. The molecule has 2 aromatic rings. The second-order valence-electron chi connectivity index (χ2n) is 7.12. The van der Waals surface area contributed by atoms with Crippen molar-refractivity contribution in [1.82, 2.24) is 15.5 Å². The highest BCUT2D eigenvalue weighted by Gasteiger charge is 2.20. The first-order valence-corrected chi connectivity index (χ1v) is 9.72. The maximum atomic E-state index is 10.3. The summed E-state index contributed by atoms with van der Waals surface area (Å²) in [7, 11) is 0. The fourth-order valence-corrected chi connectivity index (χ4v) is 2.30. The number of hydrazine groups is 1. The van der Waals surface area contributed by atoms with E-state index in [1.54, 1.807) is 24.3 Å². The number of benzene rings is 1. The highest BCUT2D eigenvalue weighted by Crippen LogP contribution is 2.26. The molecule has 0 fully saturated rings. The Bertz CT molecular complexity index is 745. The lowest BCUT2D eigenvalue weighted by molar-refractivity contribution is 0.0193. The van der Waals surface area contributed by atoms with Crippen LogP contribution in [0.5, 0.6) is 17.4 Å². The molecule has 30 heavy (non-hydrogen) atoms. The number of ether oxygens (including phenoxy) is 4. The maximum Gasteiger partial charge on any atom is 0.233 e. The molecular weight excluding hydrogens is 390 g/mol. The molecule has 2 rings (SSSR count). The summed E-state index contributed by atoms with van der Waals surface area (Å²) >= 11 is 0. The summed E-state index contributed by atoms with van der Waals surface area (Å²) < 4.78 is 22.1. The van der Waals surface area contributed by atoms with Crippen LogP contribution >= 0.6 is 0 Å². The Hall–Kier alpha value is -2.66. The van der Waals surface area contributed by atoms with Crippen molar-refractivity contribution >= 4 is 5.82 Å². The predicted molar refractivity (Wildman–Crippen MR) is 112 cm³/mol. The number of para-hydroxylation sites is 2. The van der Waals surface area contributed by atoms with Crippen LogP contribution in [0, 0.1) is 0 Å². The van der Waals surface area contributed by atoms with Crippen LogP contribution in [-0.4, -0.2) is 60.1 Å². The number of aliphatic hydroxyl groups excluding tert-OH is 1. The van der Waals surface area contributed by atoms with Gasteiger partial charge in [-0.3, -0.25) is 0 Å². The lowest BCUT2D eigenvalue weighted by Gasteiger charge is -2.27. The van der Waals surface area contributed by atoms with Gasteiger partial charge in [0.1, 0.15) is 19.3 Å². The van der Waals surface area contributed by atoms with Gasteiger partial charge in [0, 0.05) is 24.8 Å². The van der Waals surface area contributed by atoms with E-state index in [4.69, 9.17) is 24.8 Å². The molecule has 1 aromatic heterocycles. The van der Waals surface area contributed by atoms with Gasteiger partial charge in [0.05, 0.1) is 0 Å². The first kappa shape index (κ1) is 23.6. The van der Waals surface area contributed by atoms with Gasteiger partial charge in [-0.25, -0.2) is 5.84 Å². The monoisotopic (exact) mass is 421 g/mol. The summed E-state index contributed by atoms with van der Waals surface area (Å²) in [5, 5.41) is 21.3. The number of β-amino-alcohol motifs (C(OH)–C–C–N with tert-alkyl or cyclic N) is 1. The van der Waals surface area contributed by atoms with E-state index in [9.17, 15) is 5.11 Å². The van der Waals surface area contributed by atoms with Crippen molar-refractivity contribution in [3.05, 3.63) is 36.4 Å². The molecule has 1 heterocycles. The van der Waals surface area contributed by atoms with Crippen molar-refractivity contribution in [2.75, 3.05) is 38.6 Å². The molecule has 5 N–H and O–H groups in total. The number of nitrogens with one attached hydrogen (secondary N) is 2. The molecule has 10 heteroatoms. The SMILES string of the molecule is CCOCOc1ccccc1OCC(O)CNC(C)(C)COc1ccc(NN)nn1. The van der Waals surface area contributed by atoms with Gasteiger partial charge in [-0.05, 0) is 39.0 Å². The summed E-state index contributed by atoms with van der Waals surface area (Å²) in [6.45, 7) is 7.28. The number of rotatable bonds is 14. The van der Waals surface area contributed by atoms with E-state index >= 15 is 0 Å². The van der Waals surface area contributed by atoms with Crippen LogP contribution in [0.25, 0.3) is 0 Å². The van der Waals surface area contributed by atoms with E-state index in [1.165, 1.54) is 0 Å². The molecule has 0 aliphatic heterocycles. The summed E-state index contributed by atoms with van der Waals surface area (Å²) in [5.74, 6) is 7.21. The van der Waals surface area contributed by atoms with Gasteiger partial charge in [-0.15, -0.1) is 10.2 Å². The highest BCUT2D eigenvalue weighted by atomic mass is 16.7.